The average Bonchev–Trinajstić information content (AvgIpc) is 3.28. The Morgan fingerprint density at radius 3 is 2.68 bits per heavy atom. The Labute approximate surface area is 206 Å². The van der Waals surface area contributed by atoms with E-state index in [1.54, 1.807) is 7.11 Å². The third kappa shape index (κ3) is 5.73. The SMILES string of the molecule is CCc1cc(Cl)c(OC)c(N2CCN(C[C@H](F)CCNC(=O)C3=Cc4ccccc4C3)CC2)c1. The molecule has 34 heavy (non-hydrogen) atoms. The van der Waals surface area contributed by atoms with Crippen molar-refractivity contribution in [3.05, 3.63) is 63.7 Å². The number of carbonyl (C=O) groups is 1. The van der Waals surface area contributed by atoms with Crippen molar-refractivity contribution in [1.82, 2.24) is 10.2 Å². The number of nitrogens with zero attached hydrogens (tertiary/aromatic N) is 2. The van der Waals surface area contributed by atoms with Crippen LogP contribution in [-0.4, -0.2) is 63.4 Å². The number of alkyl halides is 1. The monoisotopic (exact) mass is 485 g/mol. The maximum Gasteiger partial charge on any atom is 0.247 e. The van der Waals surface area contributed by atoms with E-state index in [9.17, 15) is 9.18 Å². The molecule has 1 amide bonds. The Morgan fingerprint density at radius 1 is 1.21 bits per heavy atom. The summed E-state index contributed by atoms with van der Waals surface area (Å²) in [5.41, 5.74) is 5.18. The van der Waals surface area contributed by atoms with Crippen molar-refractivity contribution in [2.24, 2.45) is 0 Å². The average molecular weight is 486 g/mol. The van der Waals surface area contributed by atoms with Crippen LogP contribution < -0.4 is 15.0 Å². The zero-order chi connectivity index (χ0) is 24.1. The molecule has 2 aliphatic rings. The second-order valence-corrected chi connectivity index (χ2v) is 9.37. The zero-order valence-corrected chi connectivity index (χ0v) is 20.7. The Morgan fingerprint density at radius 2 is 1.97 bits per heavy atom. The summed E-state index contributed by atoms with van der Waals surface area (Å²) in [7, 11) is 1.64. The van der Waals surface area contributed by atoms with Crippen molar-refractivity contribution in [3.8, 4) is 5.75 Å². The van der Waals surface area contributed by atoms with Gasteiger partial charge in [-0.3, -0.25) is 9.69 Å². The molecule has 0 spiro atoms. The van der Waals surface area contributed by atoms with Crippen molar-refractivity contribution in [2.75, 3.05) is 51.3 Å². The highest BCUT2D eigenvalue weighted by Gasteiger charge is 2.24. The first-order valence-electron chi connectivity index (χ1n) is 12.0. The molecule has 1 aliphatic carbocycles. The molecule has 182 valence electrons. The van der Waals surface area contributed by atoms with Gasteiger partial charge in [-0.1, -0.05) is 42.8 Å². The van der Waals surface area contributed by atoms with E-state index in [1.807, 2.05) is 36.4 Å². The van der Waals surface area contributed by atoms with Crippen molar-refractivity contribution >= 4 is 29.3 Å². The lowest BCUT2D eigenvalue weighted by Gasteiger charge is -2.37. The highest BCUT2D eigenvalue weighted by Crippen LogP contribution is 2.37. The number of benzene rings is 2. The van der Waals surface area contributed by atoms with Crippen molar-refractivity contribution in [3.63, 3.8) is 0 Å². The molecule has 1 fully saturated rings. The van der Waals surface area contributed by atoms with Crippen LogP contribution in [0, 0.1) is 0 Å². The van der Waals surface area contributed by atoms with Gasteiger partial charge in [0.15, 0.2) is 5.75 Å². The van der Waals surface area contributed by atoms with Crippen LogP contribution in [0.25, 0.3) is 6.08 Å². The molecule has 1 heterocycles. The number of aryl methyl sites for hydroxylation is 1. The van der Waals surface area contributed by atoms with Crippen LogP contribution in [0.1, 0.15) is 30.0 Å². The summed E-state index contributed by atoms with van der Waals surface area (Å²) in [6.45, 7) is 5.95. The van der Waals surface area contributed by atoms with Crippen LogP contribution in [0.5, 0.6) is 5.75 Å². The number of carbonyl (C=O) groups excluding carboxylic acids is 1. The quantitative estimate of drug-likeness (QED) is 0.567. The standard InChI is InChI=1S/C27H33ClFN3O2/c1-3-19-14-24(28)26(34-2)25(15-19)32-12-10-31(11-13-32)18-23(29)8-9-30-27(33)22-16-20-6-4-5-7-21(20)17-22/h4-7,14-16,23H,3,8-13,17-18H2,1-2H3,(H,30,33)/t23-/m1/s1. The van der Waals surface area contributed by atoms with E-state index >= 15 is 0 Å². The summed E-state index contributed by atoms with van der Waals surface area (Å²) < 4.78 is 20.2. The van der Waals surface area contributed by atoms with Gasteiger partial charge in [0.1, 0.15) is 6.17 Å². The van der Waals surface area contributed by atoms with Gasteiger partial charge in [-0.05, 0) is 47.7 Å². The molecule has 0 aromatic heterocycles. The predicted molar refractivity (Wildman–Crippen MR) is 137 cm³/mol. The van der Waals surface area contributed by atoms with Crippen molar-refractivity contribution in [1.29, 1.82) is 0 Å². The maximum absolute atomic E-state index is 14.7. The highest BCUT2D eigenvalue weighted by molar-refractivity contribution is 6.32. The molecule has 1 N–H and O–H groups in total. The molecule has 2 aromatic rings. The van der Waals surface area contributed by atoms with E-state index in [0.717, 1.165) is 55.0 Å². The van der Waals surface area contributed by atoms with Crippen molar-refractivity contribution in [2.45, 2.75) is 32.4 Å². The van der Waals surface area contributed by atoms with Gasteiger partial charge in [0.2, 0.25) is 5.91 Å². The van der Waals surface area contributed by atoms with E-state index in [0.29, 0.717) is 36.7 Å². The molecule has 1 atom stereocenters. The highest BCUT2D eigenvalue weighted by atomic mass is 35.5. The molecule has 0 radical (unpaired) electrons. The number of methoxy groups -OCH3 is 1. The molecule has 0 unspecified atom stereocenters. The first kappa shape index (κ1) is 24.6. The number of hydrogen-bond donors (Lipinski definition) is 1. The normalized spacial score (nSPS) is 16.7. The minimum absolute atomic E-state index is 0.0982. The third-order valence-corrected chi connectivity index (χ3v) is 6.95. The first-order valence-corrected chi connectivity index (χ1v) is 12.4. The van der Waals surface area contributed by atoms with Crippen LogP contribution in [0.4, 0.5) is 10.1 Å². The number of piperazine rings is 1. The number of hydrogen-bond acceptors (Lipinski definition) is 4. The van der Waals surface area contributed by atoms with Gasteiger partial charge in [0, 0.05) is 51.3 Å². The fraction of sp³-hybridized carbons (Fsp3) is 0.444. The third-order valence-electron chi connectivity index (χ3n) is 6.67. The van der Waals surface area contributed by atoms with Crippen LogP contribution in [0.3, 0.4) is 0 Å². The van der Waals surface area contributed by atoms with Gasteiger partial charge < -0.3 is 15.0 Å². The number of anilines is 1. The van der Waals surface area contributed by atoms with Gasteiger partial charge in [0.05, 0.1) is 17.8 Å². The first-order chi connectivity index (χ1) is 16.5. The Kier molecular flexibility index (Phi) is 8.11. The molecular weight excluding hydrogens is 453 g/mol. The summed E-state index contributed by atoms with van der Waals surface area (Å²) >= 11 is 6.42. The Balaban J connectivity index is 1.21. The molecule has 1 aliphatic heterocycles. The second kappa shape index (κ2) is 11.2. The van der Waals surface area contributed by atoms with E-state index < -0.39 is 6.17 Å². The maximum atomic E-state index is 14.7. The molecule has 5 nitrogen and oxygen atoms in total. The van der Waals surface area contributed by atoms with Gasteiger partial charge in [-0.2, -0.15) is 0 Å². The lowest BCUT2D eigenvalue weighted by molar-refractivity contribution is -0.117. The van der Waals surface area contributed by atoms with Gasteiger partial charge in [-0.25, -0.2) is 4.39 Å². The van der Waals surface area contributed by atoms with E-state index in [-0.39, 0.29) is 5.91 Å². The predicted octanol–water partition coefficient (Wildman–Crippen LogP) is 4.52. The molecule has 0 bridgehead atoms. The fourth-order valence-electron chi connectivity index (χ4n) is 4.70. The second-order valence-electron chi connectivity index (χ2n) is 8.96. The summed E-state index contributed by atoms with van der Waals surface area (Å²) in [6.07, 6.45) is 2.81. The minimum Gasteiger partial charge on any atom is -0.493 e. The summed E-state index contributed by atoms with van der Waals surface area (Å²) in [5.74, 6) is 0.603. The van der Waals surface area contributed by atoms with Gasteiger partial charge >= 0.3 is 0 Å². The van der Waals surface area contributed by atoms with E-state index in [1.165, 1.54) is 5.56 Å². The van der Waals surface area contributed by atoms with Crippen LogP contribution >= 0.6 is 11.6 Å². The van der Waals surface area contributed by atoms with Crippen LogP contribution in [-0.2, 0) is 17.6 Å². The minimum atomic E-state index is -0.978. The van der Waals surface area contributed by atoms with Gasteiger partial charge in [-0.15, -0.1) is 0 Å². The summed E-state index contributed by atoms with van der Waals surface area (Å²) in [4.78, 5) is 16.9. The van der Waals surface area contributed by atoms with Crippen LogP contribution in [0.15, 0.2) is 42.0 Å². The van der Waals surface area contributed by atoms with E-state index in [2.05, 4.69) is 28.1 Å². The molecule has 2 aromatic carbocycles. The molecule has 0 saturated carbocycles. The van der Waals surface area contributed by atoms with Crippen LogP contribution in [0.2, 0.25) is 5.02 Å². The number of ether oxygens (including phenoxy) is 1. The number of amides is 1. The largest absolute Gasteiger partial charge is 0.493 e. The number of rotatable bonds is 9. The molecule has 7 heteroatoms. The summed E-state index contributed by atoms with van der Waals surface area (Å²) in [6, 6.07) is 12.1. The smallest absolute Gasteiger partial charge is 0.247 e. The molecular formula is C27H33ClFN3O2. The molecule has 4 rings (SSSR count). The van der Waals surface area contributed by atoms with Crippen molar-refractivity contribution < 1.29 is 13.9 Å². The number of fused-ring (bicyclic) bond motifs is 1. The topological polar surface area (TPSA) is 44.8 Å². The zero-order valence-electron chi connectivity index (χ0n) is 19.9. The Bertz CT molecular complexity index is 1050. The Hall–Kier alpha value is -2.57. The summed E-state index contributed by atoms with van der Waals surface area (Å²) in [5, 5.41) is 3.51. The molecule has 1 saturated heterocycles. The van der Waals surface area contributed by atoms with E-state index in [4.69, 9.17) is 16.3 Å². The fourth-order valence-corrected chi connectivity index (χ4v) is 5.01. The lowest BCUT2D eigenvalue weighted by Crippen LogP contribution is -2.48. The number of nitrogens with one attached hydrogen (secondary N) is 1. The lowest BCUT2D eigenvalue weighted by atomic mass is 10.1. The van der Waals surface area contributed by atoms with Gasteiger partial charge in [0.25, 0.3) is 0 Å². The number of halogens is 2.